The molecule has 0 aromatic carbocycles. The number of carbonyl (C=O) groups is 1. The maximum atomic E-state index is 12.2. The van der Waals surface area contributed by atoms with Crippen molar-refractivity contribution in [3.63, 3.8) is 0 Å². The van der Waals surface area contributed by atoms with Crippen molar-refractivity contribution in [1.29, 1.82) is 0 Å². The fourth-order valence-electron chi connectivity index (χ4n) is 4.17. The van der Waals surface area contributed by atoms with Crippen LogP contribution in [-0.4, -0.2) is 11.9 Å². The average molecular weight is 376 g/mol. The number of hydrogen-bond acceptors (Lipinski definition) is 1. The molecule has 0 saturated heterocycles. The van der Waals surface area contributed by atoms with Gasteiger partial charge < -0.3 is 5.32 Å². The largest absolute Gasteiger partial charge is 0.349 e. The first-order valence-corrected chi connectivity index (χ1v) is 11.9. The minimum Gasteiger partial charge on any atom is -0.349 e. The van der Waals surface area contributed by atoms with E-state index in [1.165, 1.54) is 89.0 Å². The summed E-state index contributed by atoms with van der Waals surface area (Å²) in [6, 6.07) is 0.181. The molecule has 1 unspecified atom stereocenters. The van der Waals surface area contributed by atoms with Crippen LogP contribution in [0.15, 0.2) is 17.9 Å². The number of amides is 1. The average Bonchev–Trinajstić information content (AvgIpc) is 2.65. The standard InChI is InChI=1S/C25H45NO/c1-4-6-7-8-9-10-11-12-13-14-15-16-17-18-25(27)26-24-21-22(3)19-20-23(24)5-2/h22,24H,2,4,6-21H2,1,3H3,(H,26,27)/t22?,24-/m0/s1. The third kappa shape index (κ3) is 12.1. The summed E-state index contributed by atoms with van der Waals surface area (Å²) < 4.78 is 0. The van der Waals surface area contributed by atoms with Crippen molar-refractivity contribution in [1.82, 2.24) is 5.32 Å². The van der Waals surface area contributed by atoms with E-state index in [-0.39, 0.29) is 11.9 Å². The first-order chi connectivity index (χ1) is 13.2. The van der Waals surface area contributed by atoms with Crippen molar-refractivity contribution in [2.24, 2.45) is 5.92 Å². The summed E-state index contributed by atoms with van der Waals surface area (Å²) in [5.41, 5.74) is 4.25. The summed E-state index contributed by atoms with van der Waals surface area (Å²) in [7, 11) is 0. The molecule has 0 radical (unpaired) electrons. The highest BCUT2D eigenvalue weighted by Crippen LogP contribution is 2.27. The van der Waals surface area contributed by atoms with Crippen LogP contribution in [0.3, 0.4) is 0 Å². The van der Waals surface area contributed by atoms with Gasteiger partial charge in [-0.05, 0) is 37.2 Å². The van der Waals surface area contributed by atoms with E-state index < -0.39 is 0 Å². The van der Waals surface area contributed by atoms with Gasteiger partial charge >= 0.3 is 0 Å². The fraction of sp³-hybridized carbons (Fsp3) is 0.840. The number of unbranched alkanes of at least 4 members (excludes halogenated alkanes) is 12. The van der Waals surface area contributed by atoms with E-state index >= 15 is 0 Å². The van der Waals surface area contributed by atoms with Crippen LogP contribution in [0.25, 0.3) is 0 Å². The summed E-state index contributed by atoms with van der Waals surface area (Å²) in [4.78, 5) is 12.2. The molecule has 1 aliphatic rings. The van der Waals surface area contributed by atoms with Crippen LogP contribution >= 0.6 is 0 Å². The van der Waals surface area contributed by atoms with E-state index in [1.54, 1.807) is 0 Å². The van der Waals surface area contributed by atoms with E-state index in [4.69, 9.17) is 0 Å². The summed E-state index contributed by atoms with van der Waals surface area (Å²) in [5, 5.41) is 3.22. The number of nitrogens with one attached hydrogen (secondary N) is 1. The van der Waals surface area contributed by atoms with E-state index in [0.717, 1.165) is 19.3 Å². The second-order valence-electron chi connectivity index (χ2n) is 8.69. The first kappa shape index (κ1) is 24.0. The van der Waals surface area contributed by atoms with Crippen LogP contribution in [0.1, 0.15) is 123 Å². The van der Waals surface area contributed by atoms with Crippen molar-refractivity contribution in [3.8, 4) is 0 Å². The van der Waals surface area contributed by atoms with Gasteiger partial charge in [-0.15, -0.1) is 5.73 Å². The van der Waals surface area contributed by atoms with Crippen molar-refractivity contribution in [3.05, 3.63) is 17.9 Å². The summed E-state index contributed by atoms with van der Waals surface area (Å²) in [5.74, 6) is 0.897. The van der Waals surface area contributed by atoms with Gasteiger partial charge in [0.1, 0.15) is 0 Å². The lowest BCUT2D eigenvalue weighted by Gasteiger charge is -2.29. The maximum Gasteiger partial charge on any atom is 0.220 e. The van der Waals surface area contributed by atoms with Crippen LogP contribution in [-0.2, 0) is 4.79 Å². The molecule has 0 aliphatic heterocycles. The molecule has 1 aliphatic carbocycles. The fourth-order valence-corrected chi connectivity index (χ4v) is 4.17. The van der Waals surface area contributed by atoms with Crippen LogP contribution in [0.2, 0.25) is 0 Å². The number of hydrogen-bond donors (Lipinski definition) is 1. The van der Waals surface area contributed by atoms with Crippen LogP contribution in [0.4, 0.5) is 0 Å². The van der Waals surface area contributed by atoms with Crippen molar-refractivity contribution in [2.45, 2.75) is 129 Å². The predicted molar refractivity (Wildman–Crippen MR) is 118 cm³/mol. The molecule has 0 spiro atoms. The molecule has 1 fully saturated rings. The van der Waals surface area contributed by atoms with Gasteiger partial charge in [0.05, 0.1) is 6.04 Å². The molecule has 2 atom stereocenters. The Labute approximate surface area is 169 Å². The molecule has 1 N–H and O–H groups in total. The lowest BCUT2D eigenvalue weighted by Crippen LogP contribution is -2.39. The Morgan fingerprint density at radius 3 is 2.00 bits per heavy atom. The Kier molecular flexibility index (Phi) is 14.2. The van der Waals surface area contributed by atoms with Crippen LogP contribution < -0.4 is 5.32 Å². The van der Waals surface area contributed by atoms with Gasteiger partial charge in [-0.1, -0.05) is 97.5 Å². The van der Waals surface area contributed by atoms with E-state index in [9.17, 15) is 4.79 Å². The second-order valence-corrected chi connectivity index (χ2v) is 8.69. The Hall–Kier alpha value is -1.01. The molecule has 0 aromatic heterocycles. The minimum absolute atomic E-state index is 0.181. The van der Waals surface area contributed by atoms with Crippen molar-refractivity contribution >= 4 is 5.91 Å². The quantitative estimate of drug-likeness (QED) is 0.233. The van der Waals surface area contributed by atoms with Gasteiger partial charge in [-0.25, -0.2) is 0 Å². The molecule has 2 heteroatoms. The third-order valence-electron chi connectivity index (χ3n) is 6.03. The molecule has 1 rings (SSSR count). The smallest absolute Gasteiger partial charge is 0.220 e. The van der Waals surface area contributed by atoms with Gasteiger partial charge in [0, 0.05) is 6.42 Å². The highest BCUT2D eigenvalue weighted by molar-refractivity contribution is 5.76. The van der Waals surface area contributed by atoms with Gasteiger partial charge in [0.25, 0.3) is 0 Å². The minimum atomic E-state index is 0.181. The van der Waals surface area contributed by atoms with E-state index in [2.05, 4.69) is 31.5 Å². The molecule has 2 nitrogen and oxygen atoms in total. The van der Waals surface area contributed by atoms with Gasteiger partial charge in [0.2, 0.25) is 5.91 Å². The van der Waals surface area contributed by atoms with Crippen LogP contribution in [0, 0.1) is 5.92 Å². The molecule has 1 saturated carbocycles. The van der Waals surface area contributed by atoms with Crippen molar-refractivity contribution in [2.75, 3.05) is 0 Å². The lowest BCUT2D eigenvalue weighted by atomic mass is 9.83. The molecule has 156 valence electrons. The van der Waals surface area contributed by atoms with Crippen molar-refractivity contribution < 1.29 is 4.79 Å². The van der Waals surface area contributed by atoms with Gasteiger partial charge in [-0.2, -0.15) is 0 Å². The number of carbonyl (C=O) groups excluding carboxylic acids is 1. The molecule has 1 amide bonds. The topological polar surface area (TPSA) is 29.1 Å². The number of rotatable bonds is 15. The van der Waals surface area contributed by atoms with Gasteiger partial charge in [-0.3, -0.25) is 4.79 Å². The Bertz CT molecular complexity index is 436. The zero-order valence-electron chi connectivity index (χ0n) is 18.3. The SMILES string of the molecule is C=C=C1CCC(C)C[C@@H]1NC(=O)CCCCCCCCCCCCCCC. The molecule has 0 aromatic rings. The van der Waals surface area contributed by atoms with Crippen LogP contribution in [0.5, 0.6) is 0 Å². The molecule has 0 heterocycles. The summed E-state index contributed by atoms with van der Waals surface area (Å²) in [6.07, 6.45) is 21.4. The molecule has 0 bridgehead atoms. The highest BCUT2D eigenvalue weighted by Gasteiger charge is 2.24. The zero-order chi connectivity index (χ0) is 19.7. The Morgan fingerprint density at radius 2 is 1.48 bits per heavy atom. The Balaban J connectivity index is 1.93. The van der Waals surface area contributed by atoms with E-state index in [1.807, 2.05) is 0 Å². The molecule has 27 heavy (non-hydrogen) atoms. The zero-order valence-corrected chi connectivity index (χ0v) is 18.3. The summed E-state index contributed by atoms with van der Waals surface area (Å²) >= 11 is 0. The molecular formula is C25H45NO. The Morgan fingerprint density at radius 1 is 0.963 bits per heavy atom. The predicted octanol–water partition coefficient (Wildman–Crippen LogP) is 7.48. The third-order valence-corrected chi connectivity index (χ3v) is 6.03. The maximum absolute atomic E-state index is 12.2. The molecular weight excluding hydrogens is 330 g/mol. The lowest BCUT2D eigenvalue weighted by molar-refractivity contribution is -0.121. The normalized spacial score (nSPS) is 19.7. The monoisotopic (exact) mass is 375 g/mol. The van der Waals surface area contributed by atoms with E-state index in [0.29, 0.717) is 12.3 Å². The summed E-state index contributed by atoms with van der Waals surface area (Å²) in [6.45, 7) is 8.34. The highest BCUT2D eigenvalue weighted by atomic mass is 16.1. The first-order valence-electron chi connectivity index (χ1n) is 11.9. The van der Waals surface area contributed by atoms with Gasteiger partial charge in [0.15, 0.2) is 0 Å². The second kappa shape index (κ2) is 16.0.